The van der Waals surface area contributed by atoms with Crippen LogP contribution in [0.25, 0.3) is 11.1 Å². The van der Waals surface area contributed by atoms with Crippen molar-refractivity contribution < 1.29 is 4.39 Å². The zero-order valence-corrected chi connectivity index (χ0v) is 8.79. The second-order valence-corrected chi connectivity index (χ2v) is 3.63. The Morgan fingerprint density at radius 1 is 1.40 bits per heavy atom. The SMILES string of the molecule is Cn1cc(-c2ccc(F)cc2Cl)c(N)n1. The molecule has 1 aromatic carbocycles. The molecule has 3 nitrogen and oxygen atoms in total. The summed E-state index contributed by atoms with van der Waals surface area (Å²) in [4.78, 5) is 0. The number of nitrogen functional groups attached to an aromatic ring is 1. The fraction of sp³-hybridized carbons (Fsp3) is 0.100. The summed E-state index contributed by atoms with van der Waals surface area (Å²) < 4.78 is 14.4. The first-order valence-corrected chi connectivity index (χ1v) is 4.70. The second kappa shape index (κ2) is 3.55. The fourth-order valence-electron chi connectivity index (χ4n) is 1.42. The quantitative estimate of drug-likeness (QED) is 0.810. The minimum atomic E-state index is -0.369. The van der Waals surface area contributed by atoms with Crippen LogP contribution < -0.4 is 5.73 Å². The van der Waals surface area contributed by atoms with E-state index in [1.807, 2.05) is 0 Å². The third-order valence-corrected chi connectivity index (χ3v) is 2.39. The van der Waals surface area contributed by atoms with Crippen molar-refractivity contribution in [1.82, 2.24) is 9.78 Å². The maximum absolute atomic E-state index is 12.8. The van der Waals surface area contributed by atoms with Gasteiger partial charge in [-0.15, -0.1) is 0 Å². The van der Waals surface area contributed by atoms with Gasteiger partial charge >= 0.3 is 0 Å². The van der Waals surface area contributed by atoms with Gasteiger partial charge in [0.25, 0.3) is 0 Å². The lowest BCUT2D eigenvalue weighted by Gasteiger charge is -2.01. The van der Waals surface area contributed by atoms with Gasteiger partial charge in [0.1, 0.15) is 5.82 Å². The first-order valence-electron chi connectivity index (χ1n) is 4.32. The van der Waals surface area contributed by atoms with E-state index < -0.39 is 0 Å². The van der Waals surface area contributed by atoms with Gasteiger partial charge in [-0.25, -0.2) is 4.39 Å². The molecule has 78 valence electrons. The van der Waals surface area contributed by atoms with Crippen LogP contribution in [0.2, 0.25) is 5.02 Å². The molecule has 5 heteroatoms. The van der Waals surface area contributed by atoms with E-state index in [1.165, 1.54) is 12.1 Å². The molecule has 0 aliphatic rings. The first kappa shape index (κ1) is 9.98. The number of hydrogen-bond donors (Lipinski definition) is 1. The predicted molar refractivity (Wildman–Crippen MR) is 58.0 cm³/mol. The molecule has 0 bridgehead atoms. The molecule has 2 N–H and O–H groups in total. The predicted octanol–water partition coefficient (Wildman–Crippen LogP) is 2.46. The van der Waals surface area contributed by atoms with Gasteiger partial charge in [-0.3, -0.25) is 4.68 Å². The Balaban J connectivity index is 2.59. The first-order chi connectivity index (χ1) is 7.08. The summed E-state index contributed by atoms with van der Waals surface area (Å²) >= 11 is 5.91. The van der Waals surface area contributed by atoms with Crippen LogP contribution in [0.15, 0.2) is 24.4 Å². The van der Waals surface area contributed by atoms with Crippen LogP contribution >= 0.6 is 11.6 Å². The minimum absolute atomic E-state index is 0.328. The molecule has 0 spiro atoms. The number of aryl methyl sites for hydroxylation is 1. The number of halogens is 2. The molecule has 0 radical (unpaired) electrons. The molecular formula is C10H9ClFN3. The number of rotatable bonds is 1. The Morgan fingerprint density at radius 2 is 2.13 bits per heavy atom. The van der Waals surface area contributed by atoms with Gasteiger partial charge in [-0.1, -0.05) is 11.6 Å². The Bertz CT molecular complexity index is 507. The highest BCUT2D eigenvalue weighted by Gasteiger charge is 2.10. The van der Waals surface area contributed by atoms with Crippen molar-refractivity contribution in [3.63, 3.8) is 0 Å². The highest BCUT2D eigenvalue weighted by Crippen LogP contribution is 2.31. The average molecular weight is 226 g/mol. The van der Waals surface area contributed by atoms with Crippen molar-refractivity contribution in [3.05, 3.63) is 35.2 Å². The molecule has 2 rings (SSSR count). The summed E-state index contributed by atoms with van der Waals surface area (Å²) in [5.41, 5.74) is 7.09. The molecule has 0 atom stereocenters. The Kier molecular flexibility index (Phi) is 2.36. The molecule has 0 aliphatic heterocycles. The van der Waals surface area contributed by atoms with Crippen LogP contribution in [0.5, 0.6) is 0 Å². The zero-order chi connectivity index (χ0) is 11.0. The lowest BCUT2D eigenvalue weighted by molar-refractivity contribution is 0.628. The van der Waals surface area contributed by atoms with Crippen LogP contribution in [0, 0.1) is 5.82 Å². The van der Waals surface area contributed by atoms with Crippen LogP contribution in [0.1, 0.15) is 0 Å². The number of nitrogens with zero attached hydrogens (tertiary/aromatic N) is 2. The van der Waals surface area contributed by atoms with Crippen LogP contribution in [-0.2, 0) is 7.05 Å². The normalized spacial score (nSPS) is 10.6. The van der Waals surface area contributed by atoms with Crippen molar-refractivity contribution in [2.75, 3.05) is 5.73 Å². The van der Waals surface area contributed by atoms with E-state index in [2.05, 4.69) is 5.10 Å². The molecule has 0 unspecified atom stereocenters. The molecule has 1 heterocycles. The number of benzene rings is 1. The standard InChI is InChI=1S/C10H9ClFN3/c1-15-5-8(10(13)14-15)7-3-2-6(12)4-9(7)11/h2-5H,1H3,(H2,13,14). The van der Waals surface area contributed by atoms with E-state index in [-0.39, 0.29) is 5.82 Å². The highest BCUT2D eigenvalue weighted by molar-refractivity contribution is 6.33. The maximum Gasteiger partial charge on any atom is 0.153 e. The molecule has 2 aromatic rings. The molecule has 0 fully saturated rings. The van der Waals surface area contributed by atoms with Gasteiger partial charge in [-0.2, -0.15) is 5.10 Å². The highest BCUT2D eigenvalue weighted by atomic mass is 35.5. The summed E-state index contributed by atoms with van der Waals surface area (Å²) in [6.07, 6.45) is 1.74. The number of aromatic nitrogens is 2. The number of nitrogens with two attached hydrogens (primary N) is 1. The monoisotopic (exact) mass is 225 g/mol. The minimum Gasteiger partial charge on any atom is -0.382 e. The zero-order valence-electron chi connectivity index (χ0n) is 8.04. The number of hydrogen-bond acceptors (Lipinski definition) is 2. The lowest BCUT2D eigenvalue weighted by atomic mass is 10.1. The van der Waals surface area contributed by atoms with Crippen molar-refractivity contribution in [3.8, 4) is 11.1 Å². The van der Waals surface area contributed by atoms with Crippen molar-refractivity contribution in [2.24, 2.45) is 7.05 Å². The van der Waals surface area contributed by atoms with E-state index in [1.54, 1.807) is 24.0 Å². The van der Waals surface area contributed by atoms with E-state index in [0.717, 1.165) is 0 Å². The summed E-state index contributed by atoms with van der Waals surface area (Å²) in [5, 5.41) is 4.32. The molecule has 0 saturated heterocycles. The third kappa shape index (κ3) is 1.80. The summed E-state index contributed by atoms with van der Waals surface area (Å²) in [6, 6.07) is 4.18. The summed E-state index contributed by atoms with van der Waals surface area (Å²) in [6.45, 7) is 0. The maximum atomic E-state index is 12.8. The van der Waals surface area contributed by atoms with Crippen molar-refractivity contribution in [2.45, 2.75) is 0 Å². The molecule has 0 saturated carbocycles. The number of anilines is 1. The fourth-order valence-corrected chi connectivity index (χ4v) is 1.69. The molecule has 0 aliphatic carbocycles. The van der Waals surface area contributed by atoms with Crippen LogP contribution in [-0.4, -0.2) is 9.78 Å². The Hall–Kier alpha value is -1.55. The molecular weight excluding hydrogens is 217 g/mol. The van der Waals surface area contributed by atoms with Crippen molar-refractivity contribution in [1.29, 1.82) is 0 Å². The van der Waals surface area contributed by atoms with Gasteiger partial charge in [-0.05, 0) is 18.2 Å². The van der Waals surface area contributed by atoms with Gasteiger partial charge in [0.05, 0.1) is 5.02 Å². The second-order valence-electron chi connectivity index (χ2n) is 3.23. The van der Waals surface area contributed by atoms with E-state index in [9.17, 15) is 4.39 Å². The average Bonchev–Trinajstić information content (AvgIpc) is 2.45. The van der Waals surface area contributed by atoms with E-state index >= 15 is 0 Å². The van der Waals surface area contributed by atoms with Crippen LogP contribution in [0.4, 0.5) is 10.2 Å². The van der Waals surface area contributed by atoms with Gasteiger partial charge < -0.3 is 5.73 Å². The lowest BCUT2D eigenvalue weighted by Crippen LogP contribution is -1.91. The summed E-state index contributed by atoms with van der Waals surface area (Å²) in [7, 11) is 1.76. The van der Waals surface area contributed by atoms with Gasteiger partial charge in [0.2, 0.25) is 0 Å². The Morgan fingerprint density at radius 3 is 2.67 bits per heavy atom. The van der Waals surface area contributed by atoms with Crippen LogP contribution in [0.3, 0.4) is 0 Å². The Labute approximate surface area is 91.3 Å². The van der Waals surface area contributed by atoms with E-state index in [0.29, 0.717) is 22.0 Å². The van der Waals surface area contributed by atoms with Gasteiger partial charge in [0.15, 0.2) is 5.82 Å². The van der Waals surface area contributed by atoms with E-state index in [4.69, 9.17) is 17.3 Å². The van der Waals surface area contributed by atoms with Crippen molar-refractivity contribution >= 4 is 17.4 Å². The molecule has 1 aromatic heterocycles. The topological polar surface area (TPSA) is 43.8 Å². The summed E-state index contributed by atoms with van der Waals surface area (Å²) in [5.74, 6) is 0.0113. The third-order valence-electron chi connectivity index (χ3n) is 2.08. The largest absolute Gasteiger partial charge is 0.382 e. The molecule has 0 amide bonds. The smallest absolute Gasteiger partial charge is 0.153 e. The van der Waals surface area contributed by atoms with Gasteiger partial charge in [0, 0.05) is 24.4 Å². The molecule has 15 heavy (non-hydrogen) atoms.